The van der Waals surface area contributed by atoms with Gasteiger partial charge in [-0.15, -0.1) is 0 Å². The zero-order chi connectivity index (χ0) is 16.7. The lowest BCUT2D eigenvalue weighted by molar-refractivity contribution is 0.00147. The summed E-state index contributed by atoms with van der Waals surface area (Å²) >= 11 is 0. The van der Waals surface area contributed by atoms with E-state index in [0.29, 0.717) is 5.57 Å². The number of benzene rings is 1. The number of allylic oxidation sites excluding steroid dienone is 1. The summed E-state index contributed by atoms with van der Waals surface area (Å²) in [4.78, 5) is 0. The molecule has 1 saturated carbocycles. The van der Waals surface area contributed by atoms with Crippen LogP contribution in [0, 0.1) is 22.7 Å². The van der Waals surface area contributed by atoms with Crippen molar-refractivity contribution in [1.82, 2.24) is 0 Å². The molecule has 0 amide bonds. The van der Waals surface area contributed by atoms with Crippen molar-refractivity contribution in [3.63, 3.8) is 0 Å². The molecule has 0 aromatic heterocycles. The predicted octanol–water partition coefficient (Wildman–Crippen LogP) is 3.50. The van der Waals surface area contributed by atoms with Gasteiger partial charge >= 0.3 is 0 Å². The Labute approximate surface area is 142 Å². The standard InChI is InChI=1S/C19H22N4O/c1-13-16-18(23(22-13)14-8-4-2-5-9-14)24-17(21)15(12-20)19(16)10-6-3-7-11-19/h2,4-5,8-9,16,18H,3,6-7,10-11,21H2,1H3. The van der Waals surface area contributed by atoms with Gasteiger partial charge < -0.3 is 10.5 Å². The van der Waals surface area contributed by atoms with E-state index in [0.717, 1.165) is 37.1 Å². The van der Waals surface area contributed by atoms with Gasteiger partial charge in [0.15, 0.2) is 0 Å². The van der Waals surface area contributed by atoms with Crippen molar-refractivity contribution in [2.24, 2.45) is 22.2 Å². The topological polar surface area (TPSA) is 74.6 Å². The zero-order valence-electron chi connectivity index (χ0n) is 13.9. The van der Waals surface area contributed by atoms with Crippen LogP contribution in [0.15, 0.2) is 46.9 Å². The maximum Gasteiger partial charge on any atom is 0.202 e. The molecule has 0 radical (unpaired) electrons. The molecule has 1 aromatic rings. The Morgan fingerprint density at radius 3 is 2.62 bits per heavy atom. The first-order valence-corrected chi connectivity index (χ1v) is 8.64. The molecule has 24 heavy (non-hydrogen) atoms. The van der Waals surface area contributed by atoms with Crippen molar-refractivity contribution in [2.45, 2.75) is 45.3 Å². The van der Waals surface area contributed by atoms with Gasteiger partial charge in [0.1, 0.15) is 6.07 Å². The molecule has 0 bridgehead atoms. The fourth-order valence-electron chi connectivity index (χ4n) is 4.71. The maximum absolute atomic E-state index is 9.75. The van der Waals surface area contributed by atoms with E-state index in [1.807, 2.05) is 35.3 Å². The van der Waals surface area contributed by atoms with Crippen molar-refractivity contribution in [2.75, 3.05) is 5.01 Å². The van der Waals surface area contributed by atoms with Crippen molar-refractivity contribution >= 4 is 11.4 Å². The number of fused-ring (bicyclic) bond motifs is 2. The lowest BCUT2D eigenvalue weighted by Crippen LogP contribution is -2.51. The number of nitrogens with zero attached hydrogens (tertiary/aromatic N) is 3. The van der Waals surface area contributed by atoms with Crippen LogP contribution in [-0.2, 0) is 4.74 Å². The van der Waals surface area contributed by atoms with E-state index in [1.54, 1.807) is 0 Å². The van der Waals surface area contributed by atoms with E-state index in [1.165, 1.54) is 6.42 Å². The maximum atomic E-state index is 9.75. The second-order valence-electron chi connectivity index (χ2n) is 6.98. The number of para-hydroxylation sites is 1. The molecule has 2 atom stereocenters. The Balaban J connectivity index is 1.81. The number of hydrogen-bond donors (Lipinski definition) is 1. The average Bonchev–Trinajstić information content (AvgIpc) is 2.94. The molecule has 0 saturated heterocycles. The highest BCUT2D eigenvalue weighted by Gasteiger charge is 2.57. The summed E-state index contributed by atoms with van der Waals surface area (Å²) in [5.41, 5.74) is 8.62. The second-order valence-corrected chi connectivity index (χ2v) is 6.98. The number of anilines is 1. The molecule has 5 nitrogen and oxygen atoms in total. The third kappa shape index (κ3) is 2.02. The highest BCUT2D eigenvalue weighted by molar-refractivity contribution is 5.90. The van der Waals surface area contributed by atoms with Crippen LogP contribution >= 0.6 is 0 Å². The van der Waals surface area contributed by atoms with Crippen LogP contribution in [0.25, 0.3) is 0 Å². The van der Waals surface area contributed by atoms with Gasteiger partial charge in [-0.2, -0.15) is 10.4 Å². The summed E-state index contributed by atoms with van der Waals surface area (Å²) in [6.45, 7) is 2.05. The number of hydrogen-bond acceptors (Lipinski definition) is 5. The molecular weight excluding hydrogens is 300 g/mol. The Kier molecular flexibility index (Phi) is 3.49. The normalized spacial score (nSPS) is 28.2. The molecule has 1 spiro atoms. The summed E-state index contributed by atoms with van der Waals surface area (Å²) in [6.07, 6.45) is 5.17. The molecule has 124 valence electrons. The fraction of sp³-hybridized carbons (Fsp3) is 0.474. The molecule has 3 aliphatic rings. The third-order valence-corrected chi connectivity index (χ3v) is 5.71. The molecule has 1 aromatic carbocycles. The molecule has 5 heteroatoms. The van der Waals surface area contributed by atoms with Gasteiger partial charge in [-0.3, -0.25) is 0 Å². The first-order chi connectivity index (χ1) is 11.7. The number of rotatable bonds is 1. The number of ether oxygens (including phenoxy) is 1. The lowest BCUT2D eigenvalue weighted by Gasteiger charge is -2.47. The smallest absolute Gasteiger partial charge is 0.202 e. The summed E-state index contributed by atoms with van der Waals surface area (Å²) in [5.74, 6) is 0.367. The van der Waals surface area contributed by atoms with E-state index in [9.17, 15) is 5.26 Å². The van der Waals surface area contributed by atoms with Crippen molar-refractivity contribution in [3.8, 4) is 6.07 Å². The minimum atomic E-state index is -0.261. The third-order valence-electron chi connectivity index (χ3n) is 5.71. The summed E-state index contributed by atoms with van der Waals surface area (Å²) in [5, 5.41) is 16.5. The van der Waals surface area contributed by atoms with Gasteiger partial charge in [-0.25, -0.2) is 5.01 Å². The minimum absolute atomic E-state index is 0.0833. The summed E-state index contributed by atoms with van der Waals surface area (Å²) in [7, 11) is 0. The Hall–Kier alpha value is -2.48. The molecule has 2 aliphatic heterocycles. The molecular formula is C19H22N4O. The number of nitriles is 1. The summed E-state index contributed by atoms with van der Waals surface area (Å²) in [6, 6.07) is 12.4. The monoisotopic (exact) mass is 322 g/mol. The van der Waals surface area contributed by atoms with Crippen LogP contribution < -0.4 is 10.7 Å². The molecule has 1 aliphatic carbocycles. The van der Waals surface area contributed by atoms with Crippen LogP contribution in [0.2, 0.25) is 0 Å². The van der Waals surface area contributed by atoms with Gasteiger partial charge in [-0.05, 0) is 31.9 Å². The van der Waals surface area contributed by atoms with E-state index >= 15 is 0 Å². The number of nitrogens with two attached hydrogens (primary N) is 1. The zero-order valence-corrected chi connectivity index (χ0v) is 13.9. The predicted molar refractivity (Wildman–Crippen MR) is 92.7 cm³/mol. The first-order valence-electron chi connectivity index (χ1n) is 8.64. The molecule has 2 N–H and O–H groups in total. The van der Waals surface area contributed by atoms with Crippen molar-refractivity contribution in [3.05, 3.63) is 41.8 Å². The Morgan fingerprint density at radius 2 is 1.96 bits per heavy atom. The van der Waals surface area contributed by atoms with E-state index in [2.05, 4.69) is 13.0 Å². The molecule has 2 heterocycles. The van der Waals surface area contributed by atoms with Crippen molar-refractivity contribution in [1.29, 1.82) is 5.26 Å². The fourth-order valence-corrected chi connectivity index (χ4v) is 4.71. The summed E-state index contributed by atoms with van der Waals surface area (Å²) < 4.78 is 6.02. The van der Waals surface area contributed by atoms with E-state index in [-0.39, 0.29) is 23.4 Å². The quantitative estimate of drug-likeness (QED) is 0.858. The second kappa shape index (κ2) is 5.55. The molecule has 4 rings (SSSR count). The van der Waals surface area contributed by atoms with Crippen LogP contribution in [0.3, 0.4) is 0 Å². The van der Waals surface area contributed by atoms with Crippen LogP contribution in [-0.4, -0.2) is 11.9 Å². The van der Waals surface area contributed by atoms with Gasteiger partial charge in [0.2, 0.25) is 12.1 Å². The van der Waals surface area contributed by atoms with Crippen molar-refractivity contribution < 1.29 is 4.74 Å². The lowest BCUT2D eigenvalue weighted by atomic mass is 9.59. The van der Waals surface area contributed by atoms with Gasteiger partial charge in [0.05, 0.1) is 17.2 Å². The Bertz CT molecular complexity index is 740. The molecule has 1 fully saturated rings. The van der Waals surface area contributed by atoms with Crippen LogP contribution in [0.1, 0.15) is 39.0 Å². The van der Waals surface area contributed by atoms with Gasteiger partial charge in [-0.1, -0.05) is 37.5 Å². The minimum Gasteiger partial charge on any atom is -0.452 e. The number of hydrazone groups is 1. The molecule has 2 unspecified atom stereocenters. The van der Waals surface area contributed by atoms with Crippen LogP contribution in [0.5, 0.6) is 0 Å². The highest BCUT2D eigenvalue weighted by Crippen LogP contribution is 2.55. The first kappa shape index (κ1) is 15.1. The SMILES string of the molecule is CC1=NN(c2ccccc2)C2OC(N)=C(C#N)C3(CCCCC3)C12. The average molecular weight is 322 g/mol. The van der Waals surface area contributed by atoms with Gasteiger partial charge in [0, 0.05) is 11.1 Å². The van der Waals surface area contributed by atoms with E-state index < -0.39 is 0 Å². The Morgan fingerprint density at radius 1 is 1.25 bits per heavy atom. The largest absolute Gasteiger partial charge is 0.452 e. The van der Waals surface area contributed by atoms with E-state index in [4.69, 9.17) is 15.6 Å². The van der Waals surface area contributed by atoms with Crippen LogP contribution in [0.4, 0.5) is 5.69 Å². The van der Waals surface area contributed by atoms with Gasteiger partial charge in [0.25, 0.3) is 0 Å². The highest BCUT2D eigenvalue weighted by atomic mass is 16.5.